The molecule has 0 saturated heterocycles. The molecular weight excluding hydrogens is 192 g/mol. The smallest absolute Gasteiger partial charge is 0.213 e. The Bertz CT molecular complexity index is 258. The van der Waals surface area contributed by atoms with Crippen molar-refractivity contribution in [3.05, 3.63) is 23.9 Å². The van der Waals surface area contributed by atoms with E-state index in [1.54, 1.807) is 18.3 Å². The summed E-state index contributed by atoms with van der Waals surface area (Å²) in [6.07, 6.45) is 1.60. The molecule has 13 heavy (non-hydrogen) atoms. The number of ether oxygens (including phenoxy) is 1. The van der Waals surface area contributed by atoms with Gasteiger partial charge in [0.2, 0.25) is 5.88 Å². The van der Waals surface area contributed by atoms with E-state index in [0.29, 0.717) is 5.88 Å². The maximum Gasteiger partial charge on any atom is 0.213 e. The summed E-state index contributed by atoms with van der Waals surface area (Å²) in [5.41, 5.74) is 6.41. The van der Waals surface area contributed by atoms with Crippen LogP contribution in [0.25, 0.3) is 0 Å². The molecule has 1 aromatic rings. The quantitative estimate of drug-likeness (QED) is 0.753. The normalized spacial score (nSPS) is 11.6. The predicted molar refractivity (Wildman–Crippen MR) is 52.1 cm³/mol. The van der Waals surface area contributed by atoms with E-state index >= 15 is 0 Å². The van der Waals surface area contributed by atoms with Gasteiger partial charge < -0.3 is 15.6 Å². The Morgan fingerprint density at radius 2 is 2.38 bits per heavy atom. The van der Waals surface area contributed by atoms with Gasteiger partial charge in [0.05, 0.1) is 19.8 Å². The number of rotatable bonds is 3. The van der Waals surface area contributed by atoms with Crippen molar-refractivity contribution in [3.8, 4) is 5.88 Å². The molecule has 0 bridgehead atoms. The van der Waals surface area contributed by atoms with Crippen molar-refractivity contribution in [2.45, 2.75) is 6.04 Å². The summed E-state index contributed by atoms with van der Waals surface area (Å²) in [6.45, 7) is -0.0762. The van der Waals surface area contributed by atoms with Crippen molar-refractivity contribution >= 4 is 12.4 Å². The fraction of sp³-hybridized carbons (Fsp3) is 0.375. The highest BCUT2D eigenvalue weighted by molar-refractivity contribution is 5.85. The van der Waals surface area contributed by atoms with Gasteiger partial charge in [-0.15, -0.1) is 12.4 Å². The summed E-state index contributed by atoms with van der Waals surface area (Å²) in [7, 11) is 1.54. The summed E-state index contributed by atoms with van der Waals surface area (Å²) in [5, 5.41) is 8.77. The largest absolute Gasteiger partial charge is 0.481 e. The maximum absolute atomic E-state index is 8.77. The predicted octanol–water partition coefficient (Wildman–Crippen LogP) is 0.504. The van der Waals surface area contributed by atoms with Crippen LogP contribution in [-0.4, -0.2) is 23.8 Å². The molecule has 1 rings (SSSR count). The van der Waals surface area contributed by atoms with Gasteiger partial charge >= 0.3 is 0 Å². The second-order valence-electron chi connectivity index (χ2n) is 2.42. The number of pyridine rings is 1. The Morgan fingerprint density at radius 1 is 1.69 bits per heavy atom. The van der Waals surface area contributed by atoms with Crippen LogP contribution in [0.4, 0.5) is 0 Å². The zero-order chi connectivity index (χ0) is 8.97. The van der Waals surface area contributed by atoms with Crippen molar-refractivity contribution in [3.63, 3.8) is 0 Å². The topological polar surface area (TPSA) is 68.4 Å². The van der Waals surface area contributed by atoms with Crippen LogP contribution in [0.1, 0.15) is 11.6 Å². The summed E-state index contributed by atoms with van der Waals surface area (Å²) < 4.78 is 4.90. The van der Waals surface area contributed by atoms with Crippen LogP contribution < -0.4 is 10.5 Å². The lowest BCUT2D eigenvalue weighted by Gasteiger charge is -2.08. The summed E-state index contributed by atoms with van der Waals surface area (Å²) >= 11 is 0. The molecule has 5 heteroatoms. The molecule has 0 saturated carbocycles. The van der Waals surface area contributed by atoms with Gasteiger partial charge in [0.1, 0.15) is 0 Å². The molecule has 0 spiro atoms. The third-order valence-electron chi connectivity index (χ3n) is 1.59. The molecule has 0 aliphatic carbocycles. The number of aliphatic hydroxyl groups is 1. The number of aliphatic hydroxyl groups excluding tert-OH is 1. The van der Waals surface area contributed by atoms with Crippen LogP contribution in [0.15, 0.2) is 18.3 Å². The van der Waals surface area contributed by atoms with E-state index in [1.807, 2.05) is 0 Å². The molecule has 3 N–H and O–H groups in total. The molecule has 4 nitrogen and oxygen atoms in total. The lowest BCUT2D eigenvalue weighted by Crippen LogP contribution is -2.14. The Morgan fingerprint density at radius 3 is 2.92 bits per heavy atom. The van der Waals surface area contributed by atoms with E-state index in [2.05, 4.69) is 4.98 Å². The van der Waals surface area contributed by atoms with E-state index in [0.717, 1.165) is 5.56 Å². The standard InChI is InChI=1S/C8H12N2O2.ClH/c1-12-8-4-6(2-3-10-8)7(9)5-11;/h2-4,7,11H,5,9H2,1H3;1H/t7-;/m1./s1. The first-order chi connectivity index (χ1) is 5.77. The minimum atomic E-state index is -0.359. The number of aromatic nitrogens is 1. The SMILES string of the molecule is COc1cc([C@H](N)CO)ccn1.Cl. The molecular formula is C8H13ClN2O2. The molecule has 0 radical (unpaired) electrons. The Hall–Kier alpha value is -0.840. The summed E-state index contributed by atoms with van der Waals surface area (Å²) in [4.78, 5) is 3.92. The third-order valence-corrected chi connectivity index (χ3v) is 1.59. The second-order valence-corrected chi connectivity index (χ2v) is 2.42. The van der Waals surface area contributed by atoms with Crippen molar-refractivity contribution in [2.75, 3.05) is 13.7 Å². The third kappa shape index (κ3) is 3.18. The molecule has 0 amide bonds. The number of nitrogens with two attached hydrogens (primary N) is 1. The number of halogens is 1. The van der Waals surface area contributed by atoms with E-state index in [4.69, 9.17) is 15.6 Å². The average molecular weight is 205 g/mol. The second kappa shape index (κ2) is 5.75. The van der Waals surface area contributed by atoms with Gasteiger partial charge in [-0.05, 0) is 11.6 Å². The highest BCUT2D eigenvalue weighted by Gasteiger charge is 2.04. The fourth-order valence-corrected chi connectivity index (χ4v) is 0.872. The van der Waals surface area contributed by atoms with Gasteiger partial charge in [-0.2, -0.15) is 0 Å². The van der Waals surface area contributed by atoms with Crippen LogP contribution in [0.2, 0.25) is 0 Å². The molecule has 0 aromatic carbocycles. The average Bonchev–Trinajstić information content (AvgIpc) is 2.17. The molecule has 1 aromatic heterocycles. The molecule has 0 unspecified atom stereocenters. The van der Waals surface area contributed by atoms with Crippen molar-refractivity contribution in [1.29, 1.82) is 0 Å². The minimum absolute atomic E-state index is 0. The highest BCUT2D eigenvalue weighted by Crippen LogP contribution is 2.13. The van der Waals surface area contributed by atoms with Gasteiger partial charge in [0.15, 0.2) is 0 Å². The number of hydrogen-bond acceptors (Lipinski definition) is 4. The van der Waals surface area contributed by atoms with E-state index in [9.17, 15) is 0 Å². The maximum atomic E-state index is 8.77. The van der Waals surface area contributed by atoms with Gasteiger partial charge in [0.25, 0.3) is 0 Å². The van der Waals surface area contributed by atoms with Crippen LogP contribution in [0, 0.1) is 0 Å². The van der Waals surface area contributed by atoms with E-state index in [1.165, 1.54) is 7.11 Å². The molecule has 0 aliphatic heterocycles. The molecule has 0 aliphatic rings. The van der Waals surface area contributed by atoms with Crippen molar-refractivity contribution in [2.24, 2.45) is 5.73 Å². The summed E-state index contributed by atoms with van der Waals surface area (Å²) in [5.74, 6) is 0.511. The van der Waals surface area contributed by atoms with Crippen molar-refractivity contribution < 1.29 is 9.84 Å². The van der Waals surface area contributed by atoms with Crippen molar-refractivity contribution in [1.82, 2.24) is 4.98 Å². The van der Waals surface area contributed by atoms with Gasteiger partial charge in [0, 0.05) is 12.3 Å². The Kier molecular flexibility index (Phi) is 5.37. The fourth-order valence-electron chi connectivity index (χ4n) is 0.872. The monoisotopic (exact) mass is 204 g/mol. The molecule has 74 valence electrons. The van der Waals surface area contributed by atoms with Gasteiger partial charge in [-0.3, -0.25) is 0 Å². The van der Waals surface area contributed by atoms with Gasteiger partial charge in [-0.1, -0.05) is 0 Å². The number of hydrogen-bond donors (Lipinski definition) is 2. The number of nitrogens with zero attached hydrogens (tertiary/aromatic N) is 1. The molecule has 1 atom stereocenters. The van der Waals surface area contributed by atoms with Crippen LogP contribution in [-0.2, 0) is 0 Å². The number of methoxy groups -OCH3 is 1. The lowest BCUT2D eigenvalue weighted by molar-refractivity contribution is 0.267. The van der Waals surface area contributed by atoms with Crippen LogP contribution in [0.3, 0.4) is 0 Å². The van der Waals surface area contributed by atoms with Crippen LogP contribution in [0.5, 0.6) is 5.88 Å². The van der Waals surface area contributed by atoms with Gasteiger partial charge in [-0.25, -0.2) is 4.98 Å². The first-order valence-electron chi connectivity index (χ1n) is 3.64. The highest BCUT2D eigenvalue weighted by atomic mass is 35.5. The lowest BCUT2D eigenvalue weighted by atomic mass is 10.1. The zero-order valence-electron chi connectivity index (χ0n) is 7.30. The van der Waals surface area contributed by atoms with Crippen LogP contribution >= 0.6 is 12.4 Å². The Labute approximate surface area is 83.1 Å². The summed E-state index contributed by atoms with van der Waals surface area (Å²) in [6, 6.07) is 3.10. The van der Waals surface area contributed by atoms with E-state index in [-0.39, 0.29) is 25.1 Å². The zero-order valence-corrected chi connectivity index (χ0v) is 8.12. The van der Waals surface area contributed by atoms with E-state index < -0.39 is 0 Å². The minimum Gasteiger partial charge on any atom is -0.481 e. The molecule has 1 heterocycles. The first kappa shape index (κ1) is 12.2. The Balaban J connectivity index is 0.00000144. The first-order valence-corrected chi connectivity index (χ1v) is 3.64. The molecule has 0 fully saturated rings.